The first kappa shape index (κ1) is 10.0. The summed E-state index contributed by atoms with van der Waals surface area (Å²) in [6.07, 6.45) is 4.13. The minimum Gasteiger partial charge on any atom is -0.327 e. The van der Waals surface area contributed by atoms with Gasteiger partial charge in [0.2, 0.25) is 0 Å². The Kier molecular flexibility index (Phi) is 2.82. The van der Waals surface area contributed by atoms with Gasteiger partial charge in [0.05, 0.1) is 10.0 Å². The van der Waals surface area contributed by atoms with Crippen molar-refractivity contribution in [2.24, 2.45) is 5.73 Å². The molecule has 2 N–H and O–H groups in total. The Morgan fingerprint density at radius 1 is 1.21 bits per heavy atom. The highest BCUT2D eigenvalue weighted by atomic mass is 35.5. The molecule has 1 aromatic rings. The van der Waals surface area contributed by atoms with Crippen LogP contribution in [-0.2, 0) is 0 Å². The van der Waals surface area contributed by atoms with Gasteiger partial charge in [-0.1, -0.05) is 40.9 Å². The monoisotopic (exact) mass is 227 g/mol. The lowest BCUT2D eigenvalue weighted by molar-refractivity contribution is 0.547. The molecule has 0 bridgehead atoms. The van der Waals surface area contributed by atoms with Gasteiger partial charge < -0.3 is 5.73 Å². The summed E-state index contributed by atoms with van der Waals surface area (Å²) in [5.41, 5.74) is 8.17. The second-order valence-electron chi connectivity index (χ2n) is 3.64. The van der Waals surface area contributed by atoms with Gasteiger partial charge in [0.15, 0.2) is 0 Å². The molecule has 1 nitrogen and oxygen atoms in total. The van der Waals surface area contributed by atoms with E-state index in [9.17, 15) is 0 Å². The lowest BCUT2D eigenvalue weighted by Gasteiger charge is -2.25. The number of halogens is 2. The van der Waals surface area contributed by atoms with Crippen LogP contribution in [0.4, 0.5) is 0 Å². The van der Waals surface area contributed by atoms with Gasteiger partial charge in [-0.2, -0.15) is 0 Å². The highest BCUT2D eigenvalue weighted by Crippen LogP contribution is 2.29. The normalized spacial score (nSPS) is 20.5. The van der Waals surface area contributed by atoms with E-state index in [4.69, 9.17) is 28.9 Å². The van der Waals surface area contributed by atoms with E-state index < -0.39 is 0 Å². The van der Waals surface area contributed by atoms with Crippen LogP contribution in [-0.4, -0.2) is 6.04 Å². The molecule has 0 spiro atoms. The molecule has 1 aromatic carbocycles. The Morgan fingerprint density at radius 2 is 1.93 bits per heavy atom. The first-order chi connectivity index (χ1) is 6.65. The zero-order chi connectivity index (χ0) is 10.1. The molecule has 0 radical (unpaired) electrons. The minimum absolute atomic E-state index is 0.351. The van der Waals surface area contributed by atoms with Crippen LogP contribution in [0.1, 0.15) is 18.4 Å². The first-order valence-corrected chi connectivity index (χ1v) is 5.31. The molecule has 0 amide bonds. The van der Waals surface area contributed by atoms with Crippen LogP contribution in [0.25, 0.3) is 6.08 Å². The molecule has 14 heavy (non-hydrogen) atoms. The van der Waals surface area contributed by atoms with Crippen LogP contribution < -0.4 is 5.73 Å². The average Bonchev–Trinajstić information content (AvgIpc) is 2.09. The molecule has 2 rings (SSSR count). The van der Waals surface area contributed by atoms with E-state index in [2.05, 4.69) is 6.08 Å². The Labute approximate surface area is 93.5 Å². The summed E-state index contributed by atoms with van der Waals surface area (Å²) in [5.74, 6) is 0. The lowest BCUT2D eigenvalue weighted by Crippen LogP contribution is -2.29. The van der Waals surface area contributed by atoms with Gasteiger partial charge >= 0.3 is 0 Å². The van der Waals surface area contributed by atoms with E-state index in [0.717, 1.165) is 18.4 Å². The molecule has 0 atom stereocenters. The van der Waals surface area contributed by atoms with Crippen LogP contribution >= 0.6 is 23.2 Å². The highest BCUT2D eigenvalue weighted by Gasteiger charge is 2.18. The van der Waals surface area contributed by atoms with Gasteiger partial charge in [0.25, 0.3) is 0 Å². The van der Waals surface area contributed by atoms with Crippen molar-refractivity contribution >= 4 is 29.3 Å². The van der Waals surface area contributed by atoms with Crippen molar-refractivity contribution in [2.45, 2.75) is 18.9 Å². The van der Waals surface area contributed by atoms with Crippen LogP contribution in [0.5, 0.6) is 0 Å². The van der Waals surface area contributed by atoms with Crippen molar-refractivity contribution in [3.05, 3.63) is 39.4 Å². The van der Waals surface area contributed by atoms with Crippen molar-refractivity contribution in [2.75, 3.05) is 0 Å². The standard InChI is InChI=1S/C11H11Cl2N/c12-10-2-1-7(6-11(10)13)3-8-4-9(14)5-8/h1-3,6,9H,4-5,14H2. The molecule has 1 saturated carbocycles. The van der Waals surface area contributed by atoms with Crippen LogP contribution in [0, 0.1) is 0 Å². The topological polar surface area (TPSA) is 26.0 Å². The van der Waals surface area contributed by atoms with Crippen molar-refractivity contribution < 1.29 is 0 Å². The third kappa shape index (κ3) is 2.11. The van der Waals surface area contributed by atoms with Gasteiger partial charge in [-0.3, -0.25) is 0 Å². The van der Waals surface area contributed by atoms with Gasteiger partial charge in [-0.15, -0.1) is 0 Å². The summed E-state index contributed by atoms with van der Waals surface area (Å²) in [5, 5.41) is 1.20. The Morgan fingerprint density at radius 3 is 2.50 bits per heavy atom. The van der Waals surface area contributed by atoms with E-state index in [0.29, 0.717) is 16.1 Å². The van der Waals surface area contributed by atoms with Gasteiger partial charge in [0.1, 0.15) is 0 Å². The third-order valence-electron chi connectivity index (χ3n) is 2.36. The number of nitrogens with two attached hydrogens (primary N) is 1. The third-order valence-corrected chi connectivity index (χ3v) is 3.10. The van der Waals surface area contributed by atoms with Gasteiger partial charge in [-0.05, 0) is 30.5 Å². The van der Waals surface area contributed by atoms with Crippen LogP contribution in [0.3, 0.4) is 0 Å². The molecule has 1 aliphatic rings. The fraction of sp³-hybridized carbons (Fsp3) is 0.273. The van der Waals surface area contributed by atoms with Crippen molar-refractivity contribution in [1.82, 2.24) is 0 Å². The van der Waals surface area contributed by atoms with E-state index in [-0.39, 0.29) is 0 Å². The van der Waals surface area contributed by atoms with Crippen LogP contribution in [0.15, 0.2) is 23.8 Å². The van der Waals surface area contributed by atoms with E-state index in [1.54, 1.807) is 0 Å². The molecule has 74 valence electrons. The molecule has 0 unspecified atom stereocenters. The second kappa shape index (κ2) is 3.93. The largest absolute Gasteiger partial charge is 0.327 e. The highest BCUT2D eigenvalue weighted by molar-refractivity contribution is 6.42. The molecular formula is C11H11Cl2N. The predicted molar refractivity (Wildman–Crippen MR) is 61.6 cm³/mol. The fourth-order valence-corrected chi connectivity index (χ4v) is 1.88. The zero-order valence-electron chi connectivity index (χ0n) is 7.63. The van der Waals surface area contributed by atoms with Crippen LogP contribution in [0.2, 0.25) is 10.0 Å². The van der Waals surface area contributed by atoms with Gasteiger partial charge in [-0.25, -0.2) is 0 Å². The molecule has 1 fully saturated rings. The van der Waals surface area contributed by atoms with E-state index >= 15 is 0 Å². The number of hydrogen-bond donors (Lipinski definition) is 1. The Hall–Kier alpha value is -0.500. The predicted octanol–water partition coefficient (Wildman–Crippen LogP) is 3.50. The summed E-state index contributed by atoms with van der Waals surface area (Å²) < 4.78 is 0. The maximum atomic E-state index is 5.90. The van der Waals surface area contributed by atoms with E-state index in [1.807, 2.05) is 18.2 Å². The number of benzene rings is 1. The first-order valence-electron chi connectivity index (χ1n) is 4.55. The Balaban J connectivity index is 2.18. The lowest BCUT2D eigenvalue weighted by atomic mass is 9.86. The smallest absolute Gasteiger partial charge is 0.0598 e. The molecular weight excluding hydrogens is 217 g/mol. The van der Waals surface area contributed by atoms with Crippen molar-refractivity contribution in [1.29, 1.82) is 0 Å². The summed E-state index contributed by atoms with van der Waals surface area (Å²) in [4.78, 5) is 0. The van der Waals surface area contributed by atoms with E-state index in [1.165, 1.54) is 5.57 Å². The zero-order valence-corrected chi connectivity index (χ0v) is 9.15. The second-order valence-corrected chi connectivity index (χ2v) is 4.46. The summed E-state index contributed by atoms with van der Waals surface area (Å²) >= 11 is 11.7. The Bertz CT molecular complexity index is 377. The summed E-state index contributed by atoms with van der Waals surface area (Å²) in [6.45, 7) is 0. The fourth-order valence-electron chi connectivity index (χ4n) is 1.57. The molecule has 0 heterocycles. The van der Waals surface area contributed by atoms with Gasteiger partial charge in [0, 0.05) is 6.04 Å². The molecule has 0 aliphatic heterocycles. The summed E-state index contributed by atoms with van der Waals surface area (Å²) in [6, 6.07) is 6.00. The van der Waals surface area contributed by atoms with Crippen molar-refractivity contribution in [3.63, 3.8) is 0 Å². The summed E-state index contributed by atoms with van der Waals surface area (Å²) in [7, 11) is 0. The quantitative estimate of drug-likeness (QED) is 0.782. The number of hydrogen-bond acceptors (Lipinski definition) is 1. The molecule has 0 saturated heterocycles. The number of rotatable bonds is 1. The molecule has 1 aliphatic carbocycles. The maximum absolute atomic E-state index is 5.90. The molecule has 0 aromatic heterocycles. The average molecular weight is 228 g/mol. The molecule has 3 heteroatoms. The van der Waals surface area contributed by atoms with Crippen molar-refractivity contribution in [3.8, 4) is 0 Å². The maximum Gasteiger partial charge on any atom is 0.0598 e. The SMILES string of the molecule is NC1CC(=Cc2ccc(Cl)c(Cl)c2)C1. The minimum atomic E-state index is 0.351.